The second-order valence-corrected chi connectivity index (χ2v) is 10.5. The van der Waals surface area contributed by atoms with Crippen LogP contribution in [0.15, 0.2) is 40.0 Å². The van der Waals surface area contributed by atoms with Crippen LogP contribution in [-0.4, -0.2) is 52.5 Å². The van der Waals surface area contributed by atoms with Crippen LogP contribution in [0.3, 0.4) is 0 Å². The number of thiocarbonyl (C=S) groups is 1. The average molecular weight is 523 g/mol. The van der Waals surface area contributed by atoms with Gasteiger partial charge in [-0.15, -0.1) is 0 Å². The third-order valence-electron chi connectivity index (χ3n) is 6.51. The Morgan fingerprint density at radius 3 is 2.56 bits per heavy atom. The highest BCUT2D eigenvalue weighted by Crippen LogP contribution is 2.36. The number of thioether (sulfide) groups is 1. The summed E-state index contributed by atoms with van der Waals surface area (Å²) in [5, 5.41) is 9.83. The van der Waals surface area contributed by atoms with Crippen molar-refractivity contribution in [2.24, 2.45) is 0 Å². The number of rotatable bonds is 8. The molecule has 188 valence electrons. The normalized spacial score (nSPS) is 17.2. The van der Waals surface area contributed by atoms with E-state index in [1.165, 1.54) is 11.8 Å². The number of pyridine rings is 1. The van der Waals surface area contributed by atoms with E-state index in [9.17, 15) is 14.9 Å². The van der Waals surface area contributed by atoms with E-state index < -0.39 is 0 Å². The highest BCUT2D eigenvalue weighted by atomic mass is 32.2. The summed E-state index contributed by atoms with van der Waals surface area (Å²) in [4.78, 5) is 31.0. The largest absolute Gasteiger partial charge is 0.378 e. The summed E-state index contributed by atoms with van der Waals surface area (Å²) < 4.78 is 7.78. The molecule has 2 aliphatic rings. The molecule has 4 rings (SSSR count). The molecule has 0 bridgehead atoms. The Morgan fingerprint density at radius 2 is 1.89 bits per heavy atom. The number of anilines is 1. The molecule has 0 N–H and O–H groups in total. The highest BCUT2D eigenvalue weighted by Gasteiger charge is 2.33. The molecule has 0 atom stereocenters. The summed E-state index contributed by atoms with van der Waals surface area (Å²) in [6.07, 6.45) is 4.26. The van der Waals surface area contributed by atoms with E-state index in [-0.39, 0.29) is 17.0 Å². The van der Waals surface area contributed by atoms with Gasteiger partial charge in [-0.2, -0.15) is 5.26 Å². The van der Waals surface area contributed by atoms with Crippen LogP contribution in [0.4, 0.5) is 5.82 Å². The Morgan fingerprint density at radius 1 is 1.17 bits per heavy atom. The maximum absolute atomic E-state index is 13.4. The van der Waals surface area contributed by atoms with Gasteiger partial charge in [0.15, 0.2) is 0 Å². The van der Waals surface area contributed by atoms with E-state index in [2.05, 4.69) is 17.9 Å². The number of benzene rings is 1. The fourth-order valence-corrected chi connectivity index (χ4v) is 5.78. The average Bonchev–Trinajstić information content (AvgIpc) is 3.16. The lowest BCUT2D eigenvalue weighted by Crippen LogP contribution is -2.41. The predicted octanol–water partition coefficient (Wildman–Crippen LogP) is 4.11. The molecule has 1 aromatic carbocycles. The first-order valence-corrected chi connectivity index (χ1v) is 13.5. The van der Waals surface area contributed by atoms with Crippen LogP contribution in [0.2, 0.25) is 0 Å². The van der Waals surface area contributed by atoms with Crippen molar-refractivity contribution in [3.63, 3.8) is 0 Å². The lowest BCUT2D eigenvalue weighted by molar-refractivity contribution is -0.122. The Hall–Kier alpha value is -2.93. The zero-order chi connectivity index (χ0) is 25.7. The van der Waals surface area contributed by atoms with E-state index in [0.29, 0.717) is 60.6 Å². The lowest BCUT2D eigenvalue weighted by Gasteiger charge is -2.33. The Balaban J connectivity index is 1.76. The first-order chi connectivity index (χ1) is 17.5. The zero-order valence-electron chi connectivity index (χ0n) is 20.7. The Bertz CT molecular complexity index is 1270. The first kappa shape index (κ1) is 26.1. The molecule has 0 aliphatic carbocycles. The van der Waals surface area contributed by atoms with Crippen molar-refractivity contribution in [1.29, 1.82) is 5.26 Å². The maximum Gasteiger partial charge on any atom is 0.270 e. The Labute approximate surface area is 221 Å². The Kier molecular flexibility index (Phi) is 8.62. The number of hydrogen-bond donors (Lipinski definition) is 0. The van der Waals surface area contributed by atoms with Gasteiger partial charge in [0.2, 0.25) is 0 Å². The summed E-state index contributed by atoms with van der Waals surface area (Å²) in [6, 6.07) is 12.1. The van der Waals surface area contributed by atoms with Gasteiger partial charge in [-0.3, -0.25) is 19.1 Å². The molecule has 1 aromatic heterocycles. The summed E-state index contributed by atoms with van der Waals surface area (Å²) >= 11 is 6.83. The second-order valence-electron chi connectivity index (χ2n) is 8.83. The van der Waals surface area contributed by atoms with Gasteiger partial charge in [-0.1, -0.05) is 67.7 Å². The fraction of sp³-hybridized carbons (Fsp3) is 0.407. The van der Waals surface area contributed by atoms with Gasteiger partial charge in [0, 0.05) is 31.7 Å². The van der Waals surface area contributed by atoms with Gasteiger partial charge in [-0.25, -0.2) is 0 Å². The molecular weight excluding hydrogens is 492 g/mol. The molecule has 2 aliphatic heterocycles. The molecule has 0 saturated carbocycles. The number of morpholine rings is 1. The van der Waals surface area contributed by atoms with Crippen molar-refractivity contribution in [3.8, 4) is 6.07 Å². The smallest absolute Gasteiger partial charge is 0.270 e. The monoisotopic (exact) mass is 522 g/mol. The number of nitrogens with zero attached hydrogens (tertiary/aromatic N) is 4. The van der Waals surface area contributed by atoms with Gasteiger partial charge < -0.3 is 9.64 Å². The minimum Gasteiger partial charge on any atom is -0.378 e. The van der Waals surface area contributed by atoms with Gasteiger partial charge in [0.05, 0.1) is 18.1 Å². The van der Waals surface area contributed by atoms with Crippen LogP contribution in [0.25, 0.3) is 6.08 Å². The molecule has 0 unspecified atom stereocenters. The summed E-state index contributed by atoms with van der Waals surface area (Å²) in [7, 11) is 0. The van der Waals surface area contributed by atoms with Gasteiger partial charge in [-0.05, 0) is 37.0 Å². The van der Waals surface area contributed by atoms with E-state index >= 15 is 0 Å². The topological polar surface area (TPSA) is 78.6 Å². The molecule has 0 radical (unpaired) electrons. The standard InChI is InChI=1S/C27H30N4O3S2/c1-3-4-11-30-24(29-13-15-34-16-14-29)21(19(2)22(18-28)25(30)32)17-23-26(33)31(27(35)36-23)12-10-20-8-6-5-7-9-20/h5-9,17H,3-4,10-16H2,1-2H3. The molecule has 3 heterocycles. The van der Waals surface area contributed by atoms with E-state index in [1.54, 1.807) is 16.4 Å². The summed E-state index contributed by atoms with van der Waals surface area (Å²) in [5.41, 5.74) is 2.30. The van der Waals surface area contributed by atoms with E-state index in [1.807, 2.05) is 36.4 Å². The highest BCUT2D eigenvalue weighted by molar-refractivity contribution is 8.26. The van der Waals surface area contributed by atoms with Crippen molar-refractivity contribution in [2.75, 3.05) is 37.7 Å². The minimum atomic E-state index is -0.280. The maximum atomic E-state index is 13.4. The van der Waals surface area contributed by atoms with Crippen molar-refractivity contribution in [3.05, 3.63) is 67.8 Å². The predicted molar refractivity (Wildman–Crippen MR) is 148 cm³/mol. The second kappa shape index (κ2) is 11.9. The number of carbonyl (C=O) groups excluding carboxylic acids is 1. The molecular formula is C27H30N4O3S2. The fourth-order valence-electron chi connectivity index (χ4n) is 4.49. The molecule has 2 fully saturated rings. The number of unbranched alkanes of at least 4 members (excludes halogenated alkanes) is 1. The summed E-state index contributed by atoms with van der Waals surface area (Å²) in [6.45, 7) is 7.25. The molecule has 9 heteroatoms. The number of carbonyl (C=O) groups is 1. The third kappa shape index (κ3) is 5.41. The van der Waals surface area contributed by atoms with E-state index in [4.69, 9.17) is 17.0 Å². The van der Waals surface area contributed by atoms with Crippen molar-refractivity contribution in [1.82, 2.24) is 9.47 Å². The lowest BCUT2D eigenvalue weighted by atomic mass is 10.0. The SMILES string of the molecule is CCCCn1c(N2CCOCC2)c(C=C2SC(=S)N(CCc3ccccc3)C2=O)c(C)c(C#N)c1=O. The van der Waals surface area contributed by atoms with Crippen LogP contribution < -0.4 is 10.5 Å². The van der Waals surface area contributed by atoms with E-state index in [0.717, 1.165) is 29.8 Å². The first-order valence-electron chi connectivity index (χ1n) is 12.3. The van der Waals surface area contributed by atoms with Crippen LogP contribution in [0, 0.1) is 18.3 Å². The number of aromatic nitrogens is 1. The minimum absolute atomic E-state index is 0.119. The third-order valence-corrected chi connectivity index (χ3v) is 7.89. The molecule has 1 amide bonds. The van der Waals surface area contributed by atoms with Gasteiger partial charge >= 0.3 is 0 Å². The molecule has 7 nitrogen and oxygen atoms in total. The van der Waals surface area contributed by atoms with Crippen LogP contribution in [-0.2, 0) is 22.5 Å². The van der Waals surface area contributed by atoms with Crippen LogP contribution in [0.5, 0.6) is 0 Å². The molecule has 0 spiro atoms. The zero-order valence-corrected chi connectivity index (χ0v) is 22.3. The van der Waals surface area contributed by atoms with Crippen molar-refractivity contribution < 1.29 is 9.53 Å². The van der Waals surface area contributed by atoms with Crippen molar-refractivity contribution in [2.45, 2.75) is 39.7 Å². The van der Waals surface area contributed by atoms with Crippen LogP contribution in [0.1, 0.15) is 42.0 Å². The van der Waals surface area contributed by atoms with Crippen LogP contribution >= 0.6 is 24.0 Å². The molecule has 2 aromatic rings. The van der Waals surface area contributed by atoms with Gasteiger partial charge in [0.1, 0.15) is 21.8 Å². The number of ether oxygens (including phenoxy) is 1. The number of nitriles is 1. The molecule has 36 heavy (non-hydrogen) atoms. The molecule has 2 saturated heterocycles. The number of hydrogen-bond acceptors (Lipinski definition) is 7. The number of amides is 1. The summed E-state index contributed by atoms with van der Waals surface area (Å²) in [5.74, 6) is 0.612. The van der Waals surface area contributed by atoms with Gasteiger partial charge in [0.25, 0.3) is 11.5 Å². The van der Waals surface area contributed by atoms with Crippen molar-refractivity contribution >= 4 is 46.1 Å². The quantitative estimate of drug-likeness (QED) is 0.381.